The topological polar surface area (TPSA) is 81.1 Å². The maximum Gasteiger partial charge on any atom is 0.261 e. The minimum atomic E-state index is -0.366. The Kier molecular flexibility index (Phi) is 6.20. The van der Waals surface area contributed by atoms with E-state index >= 15 is 0 Å². The van der Waals surface area contributed by atoms with Crippen LogP contribution in [0.1, 0.15) is 21.5 Å². The van der Waals surface area contributed by atoms with Gasteiger partial charge >= 0.3 is 0 Å². The normalized spacial score (nSPS) is 10.8. The van der Waals surface area contributed by atoms with Crippen LogP contribution < -0.4 is 15.4 Å². The van der Waals surface area contributed by atoms with Crippen molar-refractivity contribution in [2.75, 3.05) is 12.4 Å². The summed E-state index contributed by atoms with van der Waals surface area (Å²) in [6.45, 7) is 3.90. The van der Waals surface area contributed by atoms with Gasteiger partial charge < -0.3 is 10.1 Å². The lowest BCUT2D eigenvalue weighted by molar-refractivity contribution is 0.0974. The van der Waals surface area contributed by atoms with Crippen LogP contribution in [0.5, 0.6) is 5.75 Å². The van der Waals surface area contributed by atoms with Gasteiger partial charge in [-0.05, 0) is 74.1 Å². The number of halogens is 1. The van der Waals surface area contributed by atoms with Gasteiger partial charge in [0.05, 0.1) is 18.4 Å². The molecule has 1 aromatic heterocycles. The molecule has 0 aliphatic heterocycles. The molecule has 0 saturated heterocycles. The Morgan fingerprint density at radius 2 is 1.75 bits per heavy atom. The fraction of sp³-hybridized carbons (Fsp3) is 0.130. The lowest BCUT2D eigenvalue weighted by Gasteiger charge is -2.13. The number of hydrogen-bond donors (Lipinski definition) is 2. The molecule has 162 valence electrons. The molecule has 3 aromatic carbocycles. The van der Waals surface area contributed by atoms with Gasteiger partial charge in [0.2, 0.25) is 0 Å². The van der Waals surface area contributed by atoms with Crippen molar-refractivity contribution in [2.24, 2.45) is 0 Å². The van der Waals surface area contributed by atoms with Crippen molar-refractivity contribution in [3.8, 4) is 11.4 Å². The highest BCUT2D eigenvalue weighted by Crippen LogP contribution is 2.27. The average molecular weight is 510 g/mol. The number of fused-ring (bicyclic) bond motifs is 1. The van der Waals surface area contributed by atoms with Crippen LogP contribution in [0.15, 0.2) is 59.1 Å². The van der Waals surface area contributed by atoms with Crippen LogP contribution in [0.25, 0.3) is 16.7 Å². The summed E-state index contributed by atoms with van der Waals surface area (Å²) >= 11 is 8.75. The van der Waals surface area contributed by atoms with E-state index in [1.54, 1.807) is 10.9 Å². The van der Waals surface area contributed by atoms with Gasteiger partial charge in [0.25, 0.3) is 5.91 Å². The number of aryl methyl sites for hydroxylation is 2. The first-order chi connectivity index (χ1) is 15.3. The van der Waals surface area contributed by atoms with E-state index in [2.05, 4.69) is 36.8 Å². The number of methoxy groups -OCH3 is 1. The van der Waals surface area contributed by atoms with Crippen molar-refractivity contribution in [3.05, 3.63) is 75.8 Å². The Hall–Kier alpha value is -3.30. The Morgan fingerprint density at radius 1 is 1.03 bits per heavy atom. The predicted octanol–water partition coefficient (Wildman–Crippen LogP) is 4.94. The maximum atomic E-state index is 12.8. The molecule has 4 aromatic rings. The number of nitrogens with zero attached hydrogens (tertiary/aromatic N) is 3. The third kappa shape index (κ3) is 4.63. The Morgan fingerprint density at radius 3 is 2.47 bits per heavy atom. The Balaban J connectivity index is 1.50. The third-order valence-electron chi connectivity index (χ3n) is 4.82. The van der Waals surface area contributed by atoms with Gasteiger partial charge in [0.1, 0.15) is 16.8 Å². The molecule has 0 atom stereocenters. The predicted molar refractivity (Wildman–Crippen MR) is 133 cm³/mol. The monoisotopic (exact) mass is 509 g/mol. The molecule has 1 amide bonds. The summed E-state index contributed by atoms with van der Waals surface area (Å²) in [5, 5.41) is 14.9. The van der Waals surface area contributed by atoms with Crippen molar-refractivity contribution in [1.82, 2.24) is 20.3 Å². The molecule has 0 fully saturated rings. The first-order valence-electron chi connectivity index (χ1n) is 9.74. The maximum absolute atomic E-state index is 12.8. The second-order valence-corrected chi connectivity index (χ2v) is 8.56. The first kappa shape index (κ1) is 21.9. The lowest BCUT2D eigenvalue weighted by atomic mass is 10.1. The number of ether oxygens (including phenoxy) is 1. The van der Waals surface area contributed by atoms with Crippen molar-refractivity contribution < 1.29 is 9.53 Å². The largest absolute Gasteiger partial charge is 0.496 e. The van der Waals surface area contributed by atoms with Gasteiger partial charge in [-0.25, -0.2) is 0 Å². The van der Waals surface area contributed by atoms with Crippen LogP contribution in [-0.4, -0.2) is 33.1 Å². The molecule has 0 aliphatic rings. The van der Waals surface area contributed by atoms with E-state index < -0.39 is 0 Å². The summed E-state index contributed by atoms with van der Waals surface area (Å²) in [4.78, 5) is 14.4. The molecular formula is C23H20BrN5O2S. The number of thiocarbonyl (C=S) groups is 1. The average Bonchev–Trinajstić information content (AvgIpc) is 3.17. The highest BCUT2D eigenvalue weighted by molar-refractivity contribution is 9.10. The van der Waals surface area contributed by atoms with Gasteiger partial charge in [-0.15, -0.1) is 10.2 Å². The third-order valence-corrected chi connectivity index (χ3v) is 5.48. The number of rotatable bonds is 4. The number of aromatic nitrogens is 3. The molecule has 0 saturated carbocycles. The molecule has 1 heterocycles. The van der Waals surface area contributed by atoms with E-state index in [1.807, 2.05) is 62.4 Å². The molecule has 4 rings (SSSR count). The minimum Gasteiger partial charge on any atom is -0.496 e. The van der Waals surface area contributed by atoms with E-state index in [1.165, 1.54) is 12.7 Å². The fourth-order valence-electron chi connectivity index (χ4n) is 3.29. The van der Waals surface area contributed by atoms with Crippen LogP contribution in [-0.2, 0) is 0 Å². The number of nitrogens with one attached hydrogen (secondary N) is 2. The van der Waals surface area contributed by atoms with E-state index in [-0.39, 0.29) is 11.0 Å². The molecule has 0 aliphatic carbocycles. The summed E-state index contributed by atoms with van der Waals surface area (Å²) in [5.41, 5.74) is 5.42. The summed E-state index contributed by atoms with van der Waals surface area (Å²) in [6.07, 6.45) is 0. The summed E-state index contributed by atoms with van der Waals surface area (Å²) in [7, 11) is 1.53. The van der Waals surface area contributed by atoms with E-state index in [0.717, 1.165) is 21.2 Å². The second kappa shape index (κ2) is 9.05. The van der Waals surface area contributed by atoms with E-state index in [4.69, 9.17) is 17.0 Å². The highest BCUT2D eigenvalue weighted by atomic mass is 79.9. The number of anilines is 1. The Labute approximate surface area is 198 Å². The van der Waals surface area contributed by atoms with Gasteiger partial charge in [0.15, 0.2) is 5.11 Å². The number of carbonyl (C=O) groups excluding carboxylic acids is 1. The lowest BCUT2D eigenvalue weighted by Crippen LogP contribution is -2.34. The summed E-state index contributed by atoms with van der Waals surface area (Å²) < 4.78 is 6.16. The molecule has 7 nitrogen and oxygen atoms in total. The quantitative estimate of drug-likeness (QED) is 0.379. The van der Waals surface area contributed by atoms with Crippen LogP contribution in [0.2, 0.25) is 0 Å². The summed E-state index contributed by atoms with van der Waals surface area (Å²) in [6, 6.07) is 17.0. The van der Waals surface area contributed by atoms with Crippen LogP contribution in [0.3, 0.4) is 0 Å². The van der Waals surface area contributed by atoms with Crippen molar-refractivity contribution >= 4 is 55.9 Å². The van der Waals surface area contributed by atoms with E-state index in [9.17, 15) is 4.79 Å². The minimum absolute atomic E-state index is 0.167. The molecule has 9 heteroatoms. The molecule has 0 bridgehead atoms. The van der Waals surface area contributed by atoms with Crippen molar-refractivity contribution in [2.45, 2.75) is 13.8 Å². The standard InChI is InChI=1S/C23H20BrN5O2S/c1-13-4-7-17(8-5-13)29-27-19-9-6-16(12-20(19)28-29)25-23(32)26-22(30)18-11-15(24)10-14(2)21(18)31-3/h4-12H,1-3H3,(H2,25,26,30,32). The molecule has 0 spiro atoms. The zero-order chi connectivity index (χ0) is 22.8. The first-order valence-corrected chi connectivity index (χ1v) is 10.9. The number of amides is 1. The van der Waals surface area contributed by atoms with Crippen molar-refractivity contribution in [1.29, 1.82) is 0 Å². The van der Waals surface area contributed by atoms with Crippen LogP contribution >= 0.6 is 28.1 Å². The number of carbonyl (C=O) groups is 1. The van der Waals surface area contributed by atoms with Crippen LogP contribution in [0, 0.1) is 13.8 Å². The van der Waals surface area contributed by atoms with Gasteiger partial charge in [-0.1, -0.05) is 33.6 Å². The molecule has 0 unspecified atom stereocenters. The fourth-order valence-corrected chi connectivity index (χ4v) is 4.07. The smallest absolute Gasteiger partial charge is 0.261 e. The van der Waals surface area contributed by atoms with Crippen molar-refractivity contribution in [3.63, 3.8) is 0 Å². The highest BCUT2D eigenvalue weighted by Gasteiger charge is 2.17. The Bertz CT molecular complexity index is 1330. The van der Waals surface area contributed by atoms with Gasteiger partial charge in [0, 0.05) is 10.2 Å². The molecule has 0 radical (unpaired) electrons. The summed E-state index contributed by atoms with van der Waals surface area (Å²) in [5.74, 6) is 0.137. The molecule has 2 N–H and O–H groups in total. The zero-order valence-corrected chi connectivity index (χ0v) is 20.0. The SMILES string of the molecule is COc1c(C)cc(Br)cc1C(=O)NC(=S)Nc1ccc2nn(-c3ccc(C)cc3)nc2c1. The molecular weight excluding hydrogens is 490 g/mol. The zero-order valence-electron chi connectivity index (χ0n) is 17.6. The van der Waals surface area contributed by atoms with Gasteiger partial charge in [-0.3, -0.25) is 10.1 Å². The second-order valence-electron chi connectivity index (χ2n) is 7.24. The van der Waals surface area contributed by atoms with Gasteiger partial charge in [-0.2, -0.15) is 4.80 Å². The number of benzene rings is 3. The molecule has 32 heavy (non-hydrogen) atoms. The van der Waals surface area contributed by atoms with E-state index in [0.29, 0.717) is 22.5 Å². The van der Waals surface area contributed by atoms with Crippen LogP contribution in [0.4, 0.5) is 5.69 Å². The number of hydrogen-bond acceptors (Lipinski definition) is 5.